The molecule has 0 fully saturated rings. The molecule has 0 radical (unpaired) electrons. The van der Waals surface area contributed by atoms with Gasteiger partial charge in [-0.2, -0.15) is 0 Å². The lowest BCUT2D eigenvalue weighted by Crippen LogP contribution is -2.37. The van der Waals surface area contributed by atoms with Crippen LogP contribution < -0.4 is 0 Å². The molecule has 6 nitrogen and oxygen atoms in total. The summed E-state index contributed by atoms with van der Waals surface area (Å²) < 4.78 is 19.0. The van der Waals surface area contributed by atoms with Crippen molar-refractivity contribution in [3.8, 4) is 0 Å². The summed E-state index contributed by atoms with van der Waals surface area (Å²) in [4.78, 5) is 11.7. The van der Waals surface area contributed by atoms with Crippen LogP contribution in [0.4, 0.5) is 0 Å². The molecule has 17 heavy (non-hydrogen) atoms. The van der Waals surface area contributed by atoms with Crippen molar-refractivity contribution in [1.82, 2.24) is 9.57 Å². The molecule has 0 saturated carbocycles. The Morgan fingerprint density at radius 2 is 1.71 bits per heavy atom. The summed E-state index contributed by atoms with van der Waals surface area (Å²) in [7, 11) is 7.87. The van der Waals surface area contributed by atoms with Crippen LogP contribution in [0.1, 0.15) is 0 Å². The van der Waals surface area contributed by atoms with Gasteiger partial charge in [-0.25, -0.2) is 9.24 Å². The van der Waals surface area contributed by atoms with Crippen molar-refractivity contribution in [3.05, 3.63) is 0 Å². The maximum absolute atomic E-state index is 11.8. The molecular formula is C10H27N3O3P+. The van der Waals surface area contributed by atoms with Crippen LogP contribution in [0.5, 0.6) is 0 Å². The van der Waals surface area contributed by atoms with Crippen molar-refractivity contribution < 1.29 is 18.5 Å². The average Bonchev–Trinajstić information content (AvgIpc) is 2.11. The van der Waals surface area contributed by atoms with Crippen molar-refractivity contribution in [3.63, 3.8) is 0 Å². The molecule has 0 bridgehead atoms. The van der Waals surface area contributed by atoms with Crippen molar-refractivity contribution in [2.45, 2.75) is 0 Å². The van der Waals surface area contributed by atoms with Crippen molar-refractivity contribution >= 4 is 7.75 Å². The number of likely N-dealkylation sites (N-methyl/N-ethyl adjacent to an activating group) is 3. The van der Waals surface area contributed by atoms with Gasteiger partial charge in [0.1, 0.15) is 13.2 Å². The SMILES string of the molecule is CN(C)CCN(C)P(=O)(O)OCC[N+](C)(C)C. The number of hydrogen-bond donors (Lipinski definition) is 1. The number of rotatable bonds is 8. The zero-order valence-corrected chi connectivity index (χ0v) is 12.8. The van der Waals surface area contributed by atoms with E-state index in [-0.39, 0.29) is 6.61 Å². The van der Waals surface area contributed by atoms with Gasteiger partial charge in [-0.3, -0.25) is 4.52 Å². The van der Waals surface area contributed by atoms with E-state index in [4.69, 9.17) is 4.52 Å². The van der Waals surface area contributed by atoms with Crippen molar-refractivity contribution in [2.24, 2.45) is 0 Å². The van der Waals surface area contributed by atoms with Gasteiger partial charge in [0.05, 0.1) is 21.1 Å². The van der Waals surface area contributed by atoms with Crippen LogP contribution in [0.3, 0.4) is 0 Å². The third-order valence-electron chi connectivity index (χ3n) is 2.32. The minimum Gasteiger partial charge on any atom is -0.329 e. The smallest absolute Gasteiger partial charge is 0.329 e. The van der Waals surface area contributed by atoms with E-state index in [1.807, 2.05) is 40.1 Å². The minimum absolute atomic E-state index is 0.281. The molecule has 0 amide bonds. The van der Waals surface area contributed by atoms with Crippen LogP contribution in [-0.4, -0.2) is 87.5 Å². The standard InChI is InChI=1S/C10H26N3O3P/c1-11(2)7-8-12(3)17(14,15)16-10-9-13(4,5)6/h7-10H2,1-6H3/p+1. The van der Waals surface area contributed by atoms with Crippen LogP contribution in [0.2, 0.25) is 0 Å². The zero-order valence-electron chi connectivity index (χ0n) is 11.9. The molecule has 0 aliphatic rings. The Balaban J connectivity index is 4.05. The van der Waals surface area contributed by atoms with E-state index in [2.05, 4.69) is 0 Å². The predicted molar refractivity (Wildman–Crippen MR) is 69.9 cm³/mol. The molecule has 1 unspecified atom stereocenters. The average molecular weight is 268 g/mol. The summed E-state index contributed by atoms with van der Waals surface area (Å²) in [6.45, 7) is 2.21. The van der Waals surface area contributed by atoms with E-state index in [0.717, 1.165) is 6.54 Å². The van der Waals surface area contributed by atoms with Gasteiger partial charge in [-0.15, -0.1) is 0 Å². The third kappa shape index (κ3) is 8.71. The molecule has 0 rings (SSSR count). The Labute approximate surface area is 105 Å². The highest BCUT2D eigenvalue weighted by Gasteiger charge is 2.26. The summed E-state index contributed by atoms with van der Waals surface area (Å²) in [5.74, 6) is 0. The fraction of sp³-hybridized carbons (Fsp3) is 1.00. The summed E-state index contributed by atoms with van der Waals surface area (Å²) in [5, 5.41) is 0. The second-order valence-corrected chi connectivity index (χ2v) is 7.44. The van der Waals surface area contributed by atoms with Gasteiger partial charge < -0.3 is 14.3 Å². The molecule has 0 heterocycles. The van der Waals surface area contributed by atoms with Crippen LogP contribution in [0, 0.1) is 0 Å². The fourth-order valence-electron chi connectivity index (χ4n) is 1.00. The molecule has 0 saturated heterocycles. The van der Waals surface area contributed by atoms with Crippen LogP contribution in [-0.2, 0) is 9.09 Å². The summed E-state index contributed by atoms with van der Waals surface area (Å²) in [6.07, 6.45) is 0. The number of hydrogen-bond acceptors (Lipinski definition) is 3. The van der Waals surface area contributed by atoms with Crippen LogP contribution in [0.15, 0.2) is 0 Å². The zero-order chi connectivity index (χ0) is 13.7. The van der Waals surface area contributed by atoms with E-state index >= 15 is 0 Å². The largest absolute Gasteiger partial charge is 0.405 e. The molecule has 104 valence electrons. The number of quaternary nitrogens is 1. The lowest BCUT2D eigenvalue weighted by atomic mass is 10.5. The fourth-order valence-corrected chi connectivity index (χ4v) is 1.86. The highest BCUT2D eigenvalue weighted by Crippen LogP contribution is 2.44. The van der Waals surface area contributed by atoms with Gasteiger partial charge >= 0.3 is 7.75 Å². The lowest BCUT2D eigenvalue weighted by molar-refractivity contribution is -0.870. The first-order valence-electron chi connectivity index (χ1n) is 5.69. The summed E-state index contributed by atoms with van der Waals surface area (Å²) >= 11 is 0. The normalized spacial score (nSPS) is 16.5. The molecule has 1 atom stereocenters. The molecule has 0 aliphatic carbocycles. The second-order valence-electron chi connectivity index (χ2n) is 5.52. The topological polar surface area (TPSA) is 53.0 Å². The molecule has 0 aromatic heterocycles. The Morgan fingerprint density at radius 1 is 1.18 bits per heavy atom. The van der Waals surface area contributed by atoms with Gasteiger partial charge in [-0.1, -0.05) is 0 Å². The molecule has 0 aromatic rings. The first kappa shape index (κ1) is 17.0. The minimum atomic E-state index is -3.63. The van der Waals surface area contributed by atoms with E-state index in [1.165, 1.54) is 4.67 Å². The predicted octanol–water partition coefficient (Wildman–Crippen LogP) is 0.303. The molecule has 0 aliphatic heterocycles. The monoisotopic (exact) mass is 268 g/mol. The Morgan fingerprint density at radius 3 is 2.12 bits per heavy atom. The summed E-state index contributed by atoms with van der Waals surface area (Å²) in [5.41, 5.74) is 0. The van der Waals surface area contributed by atoms with Gasteiger partial charge in [0, 0.05) is 13.1 Å². The van der Waals surface area contributed by atoms with E-state index < -0.39 is 7.75 Å². The molecule has 0 spiro atoms. The van der Waals surface area contributed by atoms with Gasteiger partial charge in [-0.05, 0) is 21.1 Å². The van der Waals surface area contributed by atoms with Gasteiger partial charge in [0.2, 0.25) is 0 Å². The quantitative estimate of drug-likeness (QED) is 0.507. The van der Waals surface area contributed by atoms with Crippen molar-refractivity contribution in [2.75, 3.05) is 68.5 Å². The summed E-state index contributed by atoms with van der Waals surface area (Å²) in [6, 6.07) is 0. The molecular weight excluding hydrogens is 241 g/mol. The lowest BCUT2D eigenvalue weighted by Gasteiger charge is -2.27. The first-order chi connectivity index (χ1) is 7.54. The second kappa shape index (κ2) is 6.83. The van der Waals surface area contributed by atoms with E-state index in [1.54, 1.807) is 7.05 Å². The van der Waals surface area contributed by atoms with E-state index in [9.17, 15) is 9.46 Å². The molecule has 1 N–H and O–H groups in total. The Bertz CT molecular complexity index is 266. The first-order valence-corrected chi connectivity index (χ1v) is 7.22. The third-order valence-corrected chi connectivity index (χ3v) is 3.91. The van der Waals surface area contributed by atoms with Crippen LogP contribution >= 0.6 is 7.75 Å². The number of nitrogens with zero attached hydrogens (tertiary/aromatic N) is 3. The highest BCUT2D eigenvalue weighted by atomic mass is 31.2. The van der Waals surface area contributed by atoms with Gasteiger partial charge in [0.15, 0.2) is 0 Å². The Kier molecular flexibility index (Phi) is 6.84. The maximum Gasteiger partial charge on any atom is 0.405 e. The van der Waals surface area contributed by atoms with Crippen molar-refractivity contribution in [1.29, 1.82) is 0 Å². The maximum atomic E-state index is 11.8. The highest BCUT2D eigenvalue weighted by molar-refractivity contribution is 7.50. The van der Waals surface area contributed by atoms with E-state index in [0.29, 0.717) is 17.6 Å². The Hall–Kier alpha value is 0.0300. The van der Waals surface area contributed by atoms with Gasteiger partial charge in [0.25, 0.3) is 0 Å². The molecule has 7 heteroatoms. The van der Waals surface area contributed by atoms with Crippen LogP contribution in [0.25, 0.3) is 0 Å². The molecule has 0 aromatic carbocycles.